The number of fused-ring (bicyclic) bond motifs is 2. The molecule has 164 valence electrons. The van der Waals surface area contributed by atoms with Crippen molar-refractivity contribution in [2.75, 3.05) is 18.4 Å². The monoisotopic (exact) mass is 434 g/mol. The second-order valence-electron chi connectivity index (χ2n) is 8.70. The number of rotatable bonds is 4. The Labute approximate surface area is 194 Å². The fraction of sp³-hybridized carbons (Fsp3) is 0.172. The Kier molecular flexibility index (Phi) is 5.21. The molecule has 4 aromatic carbocycles. The van der Waals surface area contributed by atoms with Crippen molar-refractivity contribution in [3.05, 3.63) is 114 Å². The standard InChI is InChI=1S/C29H26N2O2/c1-3-7-22(8-4-1)17-30-18-25-15-23(11-13-28(25)32-20-30)24-12-14-29-26(16-24)19-31(21-33-29)27-9-5-2-6-10-27/h1-16H,17-21H2. The maximum Gasteiger partial charge on any atom is 0.161 e. The molecule has 0 amide bonds. The van der Waals surface area contributed by atoms with Crippen LogP contribution in [0.1, 0.15) is 16.7 Å². The first-order valence-corrected chi connectivity index (χ1v) is 11.4. The smallest absolute Gasteiger partial charge is 0.161 e. The van der Waals surface area contributed by atoms with Crippen molar-refractivity contribution < 1.29 is 9.47 Å². The van der Waals surface area contributed by atoms with Gasteiger partial charge in [-0.15, -0.1) is 0 Å². The van der Waals surface area contributed by atoms with Gasteiger partial charge in [-0.1, -0.05) is 60.7 Å². The van der Waals surface area contributed by atoms with E-state index in [-0.39, 0.29) is 0 Å². The number of nitrogens with zero attached hydrogens (tertiary/aromatic N) is 2. The molecule has 2 aliphatic rings. The molecule has 0 radical (unpaired) electrons. The first-order chi connectivity index (χ1) is 16.3. The minimum absolute atomic E-state index is 0.573. The van der Waals surface area contributed by atoms with Crippen LogP contribution in [-0.4, -0.2) is 18.4 Å². The summed E-state index contributed by atoms with van der Waals surface area (Å²) < 4.78 is 12.1. The largest absolute Gasteiger partial charge is 0.478 e. The third kappa shape index (κ3) is 4.18. The van der Waals surface area contributed by atoms with E-state index >= 15 is 0 Å². The summed E-state index contributed by atoms with van der Waals surface area (Å²) in [6, 6.07) is 34.1. The van der Waals surface area contributed by atoms with Gasteiger partial charge in [-0.3, -0.25) is 4.90 Å². The van der Waals surface area contributed by atoms with Crippen molar-refractivity contribution in [3.63, 3.8) is 0 Å². The molecule has 0 saturated heterocycles. The molecule has 0 bridgehead atoms. The number of para-hydroxylation sites is 1. The highest BCUT2D eigenvalue weighted by Crippen LogP contribution is 2.35. The Morgan fingerprint density at radius 3 is 1.91 bits per heavy atom. The first kappa shape index (κ1) is 19.9. The summed E-state index contributed by atoms with van der Waals surface area (Å²) in [5.41, 5.74) is 7.34. The van der Waals surface area contributed by atoms with E-state index < -0.39 is 0 Å². The lowest BCUT2D eigenvalue weighted by Gasteiger charge is -2.31. The molecule has 33 heavy (non-hydrogen) atoms. The average Bonchev–Trinajstić information content (AvgIpc) is 2.89. The molecule has 0 fully saturated rings. The van der Waals surface area contributed by atoms with Gasteiger partial charge in [0.1, 0.15) is 18.2 Å². The molecule has 0 aliphatic carbocycles. The van der Waals surface area contributed by atoms with Crippen molar-refractivity contribution in [1.82, 2.24) is 4.90 Å². The molecule has 0 unspecified atom stereocenters. The van der Waals surface area contributed by atoms with Gasteiger partial charge in [-0.2, -0.15) is 0 Å². The predicted molar refractivity (Wildman–Crippen MR) is 131 cm³/mol. The molecule has 4 aromatic rings. The molecule has 2 heterocycles. The van der Waals surface area contributed by atoms with Crippen LogP contribution < -0.4 is 14.4 Å². The van der Waals surface area contributed by atoms with Gasteiger partial charge in [0.05, 0.1) is 0 Å². The van der Waals surface area contributed by atoms with Gasteiger partial charge in [0, 0.05) is 36.4 Å². The SMILES string of the molecule is c1ccc(CN2COc3ccc(-c4ccc5c(c4)CN(c4ccccc4)CO5)cc3C2)cc1. The molecule has 4 nitrogen and oxygen atoms in total. The minimum atomic E-state index is 0.573. The minimum Gasteiger partial charge on any atom is -0.478 e. The van der Waals surface area contributed by atoms with Crippen LogP contribution in [0, 0.1) is 0 Å². The molecule has 0 saturated carbocycles. The van der Waals surface area contributed by atoms with E-state index in [4.69, 9.17) is 9.47 Å². The van der Waals surface area contributed by atoms with Gasteiger partial charge in [-0.25, -0.2) is 0 Å². The number of anilines is 1. The van der Waals surface area contributed by atoms with Crippen LogP contribution in [0.25, 0.3) is 11.1 Å². The Bertz CT molecular complexity index is 1260. The van der Waals surface area contributed by atoms with Gasteiger partial charge < -0.3 is 14.4 Å². The number of benzene rings is 4. The van der Waals surface area contributed by atoms with Crippen LogP contribution in [0.4, 0.5) is 5.69 Å². The van der Waals surface area contributed by atoms with Crippen molar-refractivity contribution >= 4 is 5.69 Å². The normalized spacial score (nSPS) is 15.2. The van der Waals surface area contributed by atoms with Crippen LogP contribution in [0.5, 0.6) is 11.5 Å². The lowest BCUT2D eigenvalue weighted by atomic mass is 9.98. The van der Waals surface area contributed by atoms with Crippen molar-refractivity contribution in [2.45, 2.75) is 19.6 Å². The summed E-state index contributed by atoms with van der Waals surface area (Å²) in [7, 11) is 0. The predicted octanol–water partition coefficient (Wildman–Crippen LogP) is 6.06. The van der Waals surface area contributed by atoms with E-state index in [0.717, 1.165) is 31.1 Å². The second kappa shape index (κ2) is 8.64. The van der Waals surface area contributed by atoms with Gasteiger partial charge in [0.15, 0.2) is 6.73 Å². The van der Waals surface area contributed by atoms with Crippen molar-refractivity contribution in [2.24, 2.45) is 0 Å². The Morgan fingerprint density at radius 1 is 0.606 bits per heavy atom. The van der Waals surface area contributed by atoms with E-state index in [9.17, 15) is 0 Å². The molecule has 4 heteroatoms. The van der Waals surface area contributed by atoms with E-state index in [1.165, 1.54) is 33.5 Å². The molecule has 2 aliphatic heterocycles. The summed E-state index contributed by atoms with van der Waals surface area (Å²) >= 11 is 0. The zero-order valence-electron chi connectivity index (χ0n) is 18.5. The van der Waals surface area contributed by atoms with E-state index in [1.807, 2.05) is 6.07 Å². The highest BCUT2D eigenvalue weighted by molar-refractivity contribution is 5.68. The van der Waals surface area contributed by atoms with E-state index in [0.29, 0.717) is 13.5 Å². The lowest BCUT2D eigenvalue weighted by Crippen LogP contribution is -2.31. The lowest BCUT2D eigenvalue weighted by molar-refractivity contribution is 0.0888. The number of ether oxygens (including phenoxy) is 2. The molecule has 0 N–H and O–H groups in total. The highest BCUT2D eigenvalue weighted by Gasteiger charge is 2.20. The molecule has 0 atom stereocenters. The maximum absolute atomic E-state index is 6.05. The second-order valence-corrected chi connectivity index (χ2v) is 8.70. The van der Waals surface area contributed by atoms with E-state index in [1.54, 1.807) is 0 Å². The molecule has 0 aromatic heterocycles. The average molecular weight is 435 g/mol. The van der Waals surface area contributed by atoms with Crippen LogP contribution in [0.15, 0.2) is 97.1 Å². The zero-order valence-corrected chi connectivity index (χ0v) is 18.5. The summed E-state index contributed by atoms with van der Waals surface area (Å²) in [5, 5.41) is 0. The summed E-state index contributed by atoms with van der Waals surface area (Å²) in [6.07, 6.45) is 0. The first-order valence-electron chi connectivity index (χ1n) is 11.4. The highest BCUT2D eigenvalue weighted by atomic mass is 16.5. The van der Waals surface area contributed by atoms with Crippen molar-refractivity contribution in [3.8, 4) is 22.6 Å². The van der Waals surface area contributed by atoms with Crippen LogP contribution in [0.3, 0.4) is 0 Å². The van der Waals surface area contributed by atoms with Crippen LogP contribution in [0.2, 0.25) is 0 Å². The van der Waals surface area contributed by atoms with Crippen LogP contribution >= 0.6 is 0 Å². The molecule has 6 rings (SSSR count). The summed E-state index contributed by atoms with van der Waals surface area (Å²) in [4.78, 5) is 4.59. The number of hydrogen-bond donors (Lipinski definition) is 0. The topological polar surface area (TPSA) is 24.9 Å². The van der Waals surface area contributed by atoms with Crippen molar-refractivity contribution in [1.29, 1.82) is 0 Å². The van der Waals surface area contributed by atoms with Gasteiger partial charge in [0.25, 0.3) is 0 Å². The molecule has 0 spiro atoms. The van der Waals surface area contributed by atoms with Gasteiger partial charge in [0.2, 0.25) is 0 Å². The fourth-order valence-electron chi connectivity index (χ4n) is 4.64. The molecular formula is C29H26N2O2. The van der Waals surface area contributed by atoms with E-state index in [2.05, 4.69) is 101 Å². The Morgan fingerprint density at radius 2 is 1.21 bits per heavy atom. The zero-order chi connectivity index (χ0) is 22.0. The summed E-state index contributed by atoms with van der Waals surface area (Å²) in [5.74, 6) is 1.96. The quantitative estimate of drug-likeness (QED) is 0.390. The Balaban J connectivity index is 1.23. The maximum atomic E-state index is 6.05. The third-order valence-corrected chi connectivity index (χ3v) is 6.36. The fourth-order valence-corrected chi connectivity index (χ4v) is 4.64. The van der Waals surface area contributed by atoms with Crippen LogP contribution in [-0.2, 0) is 19.6 Å². The molecular weight excluding hydrogens is 408 g/mol. The summed E-state index contributed by atoms with van der Waals surface area (Å²) in [6.45, 7) is 3.80. The van der Waals surface area contributed by atoms with Gasteiger partial charge >= 0.3 is 0 Å². The third-order valence-electron chi connectivity index (χ3n) is 6.36. The van der Waals surface area contributed by atoms with Gasteiger partial charge in [-0.05, 0) is 53.1 Å². The number of hydrogen-bond acceptors (Lipinski definition) is 4. The Hall–Kier alpha value is -3.76.